The Hall–Kier alpha value is -3.96. The minimum atomic E-state index is -5.87. The molecule has 3 nitrogen and oxygen atoms in total. The van der Waals surface area contributed by atoms with Crippen LogP contribution in [0.5, 0.6) is 0 Å². The van der Waals surface area contributed by atoms with Gasteiger partial charge >= 0.3 is 18.5 Å². The van der Waals surface area contributed by atoms with Crippen molar-refractivity contribution in [2.45, 2.75) is 18.5 Å². The molecule has 0 aliphatic heterocycles. The predicted octanol–water partition coefficient (Wildman–Crippen LogP) is 14.0. The zero-order chi connectivity index (χ0) is 41.7. The maximum Gasteiger partial charge on any atom is 0.422 e. The summed E-state index contributed by atoms with van der Waals surface area (Å²) >= 11 is 34.0. The van der Waals surface area contributed by atoms with Gasteiger partial charge < -0.3 is 0 Å². The third kappa shape index (κ3) is 7.89. The Labute approximate surface area is 319 Å². The molecule has 0 saturated heterocycles. The second-order valence-corrected chi connectivity index (χ2v) is 12.1. The molecule has 0 atom stereocenters. The van der Waals surface area contributed by atoms with Gasteiger partial charge in [-0.25, -0.2) is 26.3 Å². The van der Waals surface area contributed by atoms with Gasteiger partial charge in [0, 0.05) is 16.7 Å². The second-order valence-electron chi connectivity index (χ2n) is 9.79. The van der Waals surface area contributed by atoms with Crippen molar-refractivity contribution < 1.29 is 65.9 Å². The Morgan fingerprint density at radius 3 is 0.815 bits per heavy atom. The lowest BCUT2D eigenvalue weighted by atomic mass is 9.92. The molecule has 0 radical (unpaired) electrons. The van der Waals surface area contributed by atoms with Gasteiger partial charge in [0.2, 0.25) is 0 Å². The summed E-state index contributed by atoms with van der Waals surface area (Å²) in [6.07, 6.45) is -17.4. The third-order valence-electron chi connectivity index (χ3n) is 6.67. The zero-order valence-electron chi connectivity index (χ0n) is 24.4. The van der Waals surface area contributed by atoms with E-state index < -0.39 is 139 Å². The quantitative estimate of drug-likeness (QED) is 0.111. The summed E-state index contributed by atoms with van der Waals surface area (Å²) in [5.41, 5.74) is -18.5. The smallest absolute Gasteiger partial charge is 0.205 e. The van der Waals surface area contributed by atoms with Crippen molar-refractivity contribution in [3.8, 4) is 18.2 Å². The van der Waals surface area contributed by atoms with Crippen molar-refractivity contribution in [1.82, 2.24) is 0 Å². The number of hydrogen-bond donors (Lipinski definition) is 0. The van der Waals surface area contributed by atoms with Crippen molar-refractivity contribution in [2.75, 3.05) is 0 Å². The van der Waals surface area contributed by atoms with Gasteiger partial charge in [0.05, 0.1) is 59.0 Å². The van der Waals surface area contributed by atoms with Crippen LogP contribution in [0.25, 0.3) is 16.7 Å². The van der Waals surface area contributed by atoms with Gasteiger partial charge in [0.25, 0.3) is 0 Å². The summed E-state index contributed by atoms with van der Waals surface area (Å²) in [7, 11) is 0. The van der Waals surface area contributed by atoms with E-state index >= 15 is 0 Å². The minimum Gasteiger partial charge on any atom is -0.205 e. The Bertz CT molecular complexity index is 2160. The molecule has 0 heterocycles. The maximum absolute atomic E-state index is 15.0. The Kier molecular flexibility index (Phi) is 12.9. The number of benzene rings is 3. The van der Waals surface area contributed by atoms with E-state index in [2.05, 4.69) is 0 Å². The van der Waals surface area contributed by atoms with Gasteiger partial charge in [-0.05, 0) is 17.7 Å². The summed E-state index contributed by atoms with van der Waals surface area (Å²) in [6, 6.07) is 3.32. The summed E-state index contributed by atoms with van der Waals surface area (Å²) < 4.78 is 210. The first-order chi connectivity index (χ1) is 24.6. The molecule has 3 aromatic carbocycles. The average molecular weight is 902 g/mol. The first-order valence-electron chi connectivity index (χ1n) is 12.8. The summed E-state index contributed by atoms with van der Waals surface area (Å²) in [5, 5.41) is 19.0. The molecule has 24 heteroatoms. The lowest BCUT2D eigenvalue weighted by Gasteiger charge is -2.18. The molecule has 0 bridgehead atoms. The van der Waals surface area contributed by atoms with Gasteiger partial charge in [-0.2, -0.15) is 55.3 Å². The largest absolute Gasteiger partial charge is 0.422 e. The molecule has 0 unspecified atom stereocenters. The first-order valence-corrected chi connectivity index (χ1v) is 15.1. The third-order valence-corrected chi connectivity index (χ3v) is 8.80. The molecule has 284 valence electrons. The fourth-order valence-electron chi connectivity index (χ4n) is 4.42. The molecule has 0 aliphatic carbocycles. The van der Waals surface area contributed by atoms with E-state index in [1.165, 1.54) is 0 Å². The Morgan fingerprint density at radius 2 is 0.630 bits per heavy atom. The van der Waals surface area contributed by atoms with E-state index in [4.69, 9.17) is 69.6 Å². The molecular formula is C30H2Cl6F15N3. The number of rotatable bonds is 5. The molecule has 0 aromatic heterocycles. The van der Waals surface area contributed by atoms with Crippen LogP contribution in [0.4, 0.5) is 65.9 Å². The van der Waals surface area contributed by atoms with Crippen LogP contribution in [0, 0.1) is 68.9 Å². The van der Waals surface area contributed by atoms with Gasteiger partial charge in [-0.1, -0.05) is 69.6 Å². The summed E-state index contributed by atoms with van der Waals surface area (Å²) in [4.78, 5) is 0. The average Bonchev–Trinajstić information content (AvgIpc) is 3.04. The van der Waals surface area contributed by atoms with E-state index in [0.717, 1.165) is 18.2 Å². The standard InChI is InChI=1S/C30H2Cl6F15N3/c31-16-10(17(32)23(38)13(22(16)37)28(43,44)45)7(3-52)1-6(9(5-54)12-20(35)26(41)15(30(49,50)51)27(42)21(12)36)2-8(4-53)11-18(33)24(39)14(29(46,47)48)25(40)19(11)34/h1-2H. The van der Waals surface area contributed by atoms with E-state index in [-0.39, 0.29) is 12.2 Å². The lowest BCUT2D eigenvalue weighted by Crippen LogP contribution is -2.14. The van der Waals surface area contributed by atoms with Crippen molar-refractivity contribution in [1.29, 1.82) is 15.8 Å². The monoisotopic (exact) mass is 899 g/mol. The zero-order valence-corrected chi connectivity index (χ0v) is 29.0. The van der Waals surface area contributed by atoms with Crippen LogP contribution in [-0.4, -0.2) is 0 Å². The minimum absolute atomic E-state index is 0.0495. The summed E-state index contributed by atoms with van der Waals surface area (Å²) in [6.45, 7) is 0. The predicted molar refractivity (Wildman–Crippen MR) is 164 cm³/mol. The molecule has 0 N–H and O–H groups in total. The number of allylic oxidation sites excluding steroid dienone is 6. The topological polar surface area (TPSA) is 71.4 Å². The lowest BCUT2D eigenvalue weighted by molar-refractivity contribution is -0.143. The molecule has 0 spiro atoms. The Balaban J connectivity index is 2.74. The van der Waals surface area contributed by atoms with Crippen LogP contribution in [0.15, 0.2) is 17.7 Å². The van der Waals surface area contributed by atoms with E-state index in [0.29, 0.717) is 0 Å². The Morgan fingerprint density at radius 1 is 0.407 bits per heavy atom. The normalized spacial score (nSPS) is 12.7. The number of hydrogen-bond acceptors (Lipinski definition) is 3. The van der Waals surface area contributed by atoms with E-state index in [1.54, 1.807) is 0 Å². The maximum atomic E-state index is 15.0. The molecule has 54 heavy (non-hydrogen) atoms. The van der Waals surface area contributed by atoms with Crippen molar-refractivity contribution >= 4 is 86.3 Å². The number of halogens is 21. The highest BCUT2D eigenvalue weighted by atomic mass is 35.5. The number of alkyl halides is 9. The molecule has 0 amide bonds. The van der Waals surface area contributed by atoms with Crippen molar-refractivity contribution in [3.63, 3.8) is 0 Å². The highest BCUT2D eigenvalue weighted by molar-refractivity contribution is 6.40. The van der Waals surface area contributed by atoms with Gasteiger partial charge in [0.15, 0.2) is 34.9 Å². The fraction of sp³-hybridized carbons (Fsp3) is 0.100. The van der Waals surface area contributed by atoms with E-state index in [1.807, 2.05) is 0 Å². The highest BCUT2D eigenvalue weighted by Gasteiger charge is 2.44. The SMILES string of the molecule is N#CC(=CC(C=C(C#N)c1c(Cl)c(F)c(C(F)(F)F)c(F)c1Cl)=C(C#N)c1c(Cl)c(F)c(C(F)(F)F)c(F)c1Cl)c1c(Cl)c(F)c(C(F)(F)F)c(F)c1Cl. The molecular weight excluding hydrogens is 900 g/mol. The van der Waals surface area contributed by atoms with Crippen LogP contribution >= 0.6 is 69.6 Å². The highest BCUT2D eigenvalue weighted by Crippen LogP contribution is 2.48. The van der Waals surface area contributed by atoms with Crippen LogP contribution in [-0.2, 0) is 18.5 Å². The summed E-state index contributed by atoms with van der Waals surface area (Å²) in [5.74, 6) is -15.7. The van der Waals surface area contributed by atoms with Crippen LogP contribution in [0.1, 0.15) is 33.4 Å². The first kappa shape index (κ1) is 44.4. The van der Waals surface area contributed by atoms with Crippen molar-refractivity contribution in [2.24, 2.45) is 0 Å². The van der Waals surface area contributed by atoms with Gasteiger partial charge in [-0.3, -0.25) is 0 Å². The van der Waals surface area contributed by atoms with Crippen LogP contribution < -0.4 is 0 Å². The molecule has 3 aromatic rings. The van der Waals surface area contributed by atoms with Gasteiger partial charge in [0.1, 0.15) is 22.8 Å². The van der Waals surface area contributed by atoms with Gasteiger partial charge in [-0.15, -0.1) is 0 Å². The molecule has 0 aliphatic rings. The second kappa shape index (κ2) is 15.6. The molecule has 0 saturated carbocycles. The van der Waals surface area contributed by atoms with Crippen LogP contribution in [0.2, 0.25) is 30.1 Å². The van der Waals surface area contributed by atoms with Crippen molar-refractivity contribution in [3.05, 3.63) is 116 Å². The number of nitrogens with zero attached hydrogens (tertiary/aromatic N) is 3. The molecule has 0 fully saturated rings. The number of nitriles is 3. The van der Waals surface area contributed by atoms with E-state index in [9.17, 15) is 81.6 Å². The fourth-order valence-corrected chi connectivity index (χ4v) is 6.29. The van der Waals surface area contributed by atoms with Crippen LogP contribution in [0.3, 0.4) is 0 Å². The molecule has 3 rings (SSSR count).